The summed E-state index contributed by atoms with van der Waals surface area (Å²) in [5.74, 6) is 1.14. The van der Waals surface area contributed by atoms with E-state index in [0.717, 1.165) is 39.6 Å². The van der Waals surface area contributed by atoms with Crippen molar-refractivity contribution in [1.29, 1.82) is 0 Å². The van der Waals surface area contributed by atoms with Gasteiger partial charge >= 0.3 is 6.36 Å². The van der Waals surface area contributed by atoms with E-state index in [4.69, 9.17) is 5.73 Å². The number of aryl methyl sites for hydroxylation is 1. The molecular weight excluding hydrogens is 551 g/mol. The third kappa shape index (κ3) is 6.54. The summed E-state index contributed by atoms with van der Waals surface area (Å²) in [5, 5.41) is 15.1. The number of amidine groups is 2. The van der Waals surface area contributed by atoms with Crippen LogP contribution in [0.25, 0.3) is 10.9 Å². The van der Waals surface area contributed by atoms with E-state index in [-0.39, 0.29) is 11.6 Å². The first kappa shape index (κ1) is 28.2. The zero-order valence-electron chi connectivity index (χ0n) is 22.6. The minimum atomic E-state index is -4.76. The zero-order chi connectivity index (χ0) is 29.1. The summed E-state index contributed by atoms with van der Waals surface area (Å²) in [6.07, 6.45) is -3.06. The fraction of sp³-hybridized carbons (Fsp3) is 0.241. The molecule has 0 amide bonds. The number of para-hydroxylation sites is 1. The molecule has 0 aliphatic carbocycles. The van der Waals surface area contributed by atoms with Gasteiger partial charge in [-0.15, -0.1) is 18.3 Å². The number of rotatable bonds is 7. The van der Waals surface area contributed by atoms with Gasteiger partial charge in [0, 0.05) is 30.4 Å². The second kappa shape index (κ2) is 11.7. The number of aromatic nitrogens is 2. The van der Waals surface area contributed by atoms with Crippen LogP contribution in [0.3, 0.4) is 0 Å². The van der Waals surface area contributed by atoms with E-state index in [0.29, 0.717) is 17.3 Å². The van der Waals surface area contributed by atoms with Gasteiger partial charge in [-0.05, 0) is 59.5 Å². The molecule has 5 rings (SSSR count). The fourth-order valence-electron chi connectivity index (χ4n) is 4.53. The summed E-state index contributed by atoms with van der Waals surface area (Å²) >= 11 is 1.68. The molecule has 212 valence electrons. The Bertz CT molecular complexity index is 1640. The summed E-state index contributed by atoms with van der Waals surface area (Å²) in [6.45, 7) is 5.25. The second-order valence-corrected chi connectivity index (χ2v) is 10.7. The van der Waals surface area contributed by atoms with Crippen molar-refractivity contribution in [2.24, 2.45) is 28.0 Å². The van der Waals surface area contributed by atoms with Crippen molar-refractivity contribution in [2.45, 2.75) is 26.1 Å². The van der Waals surface area contributed by atoms with E-state index in [2.05, 4.69) is 62.0 Å². The first-order valence-corrected chi connectivity index (χ1v) is 13.8. The maximum Gasteiger partial charge on any atom is 0.573 e. The van der Waals surface area contributed by atoms with Crippen LogP contribution in [0.15, 0.2) is 81.9 Å². The number of nitrogens with zero attached hydrogens (tertiary/aromatic N) is 6. The highest BCUT2D eigenvalue weighted by Crippen LogP contribution is 2.32. The normalized spacial score (nSPS) is 15.6. The summed E-state index contributed by atoms with van der Waals surface area (Å²) in [6, 6.07) is 19.2. The molecule has 2 N–H and O–H groups in total. The largest absolute Gasteiger partial charge is 0.573 e. The molecule has 1 aliphatic heterocycles. The Morgan fingerprint density at radius 1 is 1.10 bits per heavy atom. The van der Waals surface area contributed by atoms with Gasteiger partial charge in [0.2, 0.25) is 0 Å². The minimum absolute atomic E-state index is 0.132. The molecule has 0 unspecified atom stereocenters. The van der Waals surface area contributed by atoms with Gasteiger partial charge in [0.1, 0.15) is 11.4 Å². The quantitative estimate of drug-likeness (QED) is 0.152. The van der Waals surface area contributed by atoms with Crippen molar-refractivity contribution in [1.82, 2.24) is 9.78 Å². The van der Waals surface area contributed by atoms with E-state index in [9.17, 15) is 13.2 Å². The molecular formula is C29H28F3N7OS. The van der Waals surface area contributed by atoms with E-state index in [1.54, 1.807) is 29.7 Å². The van der Waals surface area contributed by atoms with Gasteiger partial charge in [-0.1, -0.05) is 49.9 Å². The van der Waals surface area contributed by atoms with Gasteiger partial charge in [-0.25, -0.2) is 4.99 Å². The van der Waals surface area contributed by atoms with Crippen molar-refractivity contribution in [3.63, 3.8) is 0 Å². The highest BCUT2D eigenvalue weighted by Gasteiger charge is 2.31. The molecule has 8 nitrogen and oxygen atoms in total. The third-order valence-electron chi connectivity index (χ3n) is 6.41. The molecule has 3 aromatic carbocycles. The molecule has 1 aliphatic rings. The summed E-state index contributed by atoms with van der Waals surface area (Å²) in [5.41, 5.74) is 11.2. The highest BCUT2D eigenvalue weighted by molar-refractivity contribution is 8.14. The molecule has 0 saturated carbocycles. The average molecular weight is 580 g/mol. The first-order chi connectivity index (χ1) is 19.6. The van der Waals surface area contributed by atoms with Gasteiger partial charge in [-0.2, -0.15) is 10.2 Å². The lowest BCUT2D eigenvalue weighted by Crippen LogP contribution is -2.24. The molecule has 12 heteroatoms. The molecule has 2 heterocycles. The lowest BCUT2D eigenvalue weighted by atomic mass is 10.0. The van der Waals surface area contributed by atoms with E-state index < -0.39 is 6.36 Å². The van der Waals surface area contributed by atoms with Gasteiger partial charge in [-0.3, -0.25) is 4.68 Å². The summed E-state index contributed by atoms with van der Waals surface area (Å²) < 4.78 is 42.8. The number of alkyl halides is 3. The molecule has 0 radical (unpaired) electrons. The smallest absolute Gasteiger partial charge is 0.406 e. The van der Waals surface area contributed by atoms with E-state index >= 15 is 0 Å². The Morgan fingerprint density at radius 3 is 2.59 bits per heavy atom. The summed E-state index contributed by atoms with van der Waals surface area (Å²) in [7, 11) is 1.79. The van der Waals surface area contributed by atoms with Crippen LogP contribution in [0.5, 0.6) is 5.75 Å². The number of thioether (sulfide) groups is 1. The van der Waals surface area contributed by atoms with Crippen LogP contribution in [0, 0.1) is 0 Å². The number of benzene rings is 3. The minimum Gasteiger partial charge on any atom is -0.406 e. The number of ether oxygens (including phenoxy) is 1. The van der Waals surface area contributed by atoms with Crippen LogP contribution in [-0.4, -0.2) is 45.7 Å². The van der Waals surface area contributed by atoms with Gasteiger partial charge in [0.25, 0.3) is 0 Å². The fourth-order valence-corrected chi connectivity index (χ4v) is 5.44. The number of hydrogen-bond donors (Lipinski definition) is 1. The maximum absolute atomic E-state index is 12.4. The molecule has 41 heavy (non-hydrogen) atoms. The zero-order valence-corrected chi connectivity index (χ0v) is 23.4. The van der Waals surface area contributed by atoms with Gasteiger partial charge in [0.05, 0.1) is 17.4 Å². The van der Waals surface area contributed by atoms with Crippen molar-refractivity contribution >= 4 is 51.3 Å². The molecule has 1 fully saturated rings. The lowest BCUT2D eigenvalue weighted by molar-refractivity contribution is -0.274. The van der Waals surface area contributed by atoms with Crippen LogP contribution >= 0.6 is 11.8 Å². The molecule has 1 aromatic heterocycles. The van der Waals surface area contributed by atoms with Crippen molar-refractivity contribution in [2.75, 3.05) is 17.2 Å². The van der Waals surface area contributed by atoms with Crippen molar-refractivity contribution in [3.05, 3.63) is 83.6 Å². The predicted octanol–water partition coefficient (Wildman–Crippen LogP) is 6.58. The second-order valence-electron chi connectivity index (χ2n) is 9.63. The van der Waals surface area contributed by atoms with Crippen LogP contribution in [0.2, 0.25) is 0 Å². The van der Waals surface area contributed by atoms with Crippen molar-refractivity contribution in [3.8, 4) is 5.75 Å². The Morgan fingerprint density at radius 2 is 1.85 bits per heavy atom. The van der Waals surface area contributed by atoms with Crippen LogP contribution < -0.4 is 15.4 Å². The number of anilines is 1. The maximum atomic E-state index is 12.4. The number of aliphatic imine (C=N–C) groups is 1. The average Bonchev–Trinajstić information content (AvgIpc) is 3.53. The highest BCUT2D eigenvalue weighted by atomic mass is 32.2. The van der Waals surface area contributed by atoms with Gasteiger partial charge in [0.15, 0.2) is 11.0 Å². The number of fused-ring (bicyclic) bond motifs is 1. The SMILES string of the molecule is CC(C)c1ccccc1N1CCS/C1=N\N=C\c1ccc2c(C(N)=Nc3ccc(OC(F)(F)F)cc3)nn(C)c2c1. The molecule has 4 aromatic rings. The first-order valence-electron chi connectivity index (χ1n) is 12.9. The van der Waals surface area contributed by atoms with E-state index in [1.807, 2.05) is 24.3 Å². The molecule has 1 saturated heterocycles. The van der Waals surface area contributed by atoms with Crippen LogP contribution in [0.4, 0.5) is 24.5 Å². The van der Waals surface area contributed by atoms with Crippen LogP contribution in [-0.2, 0) is 7.05 Å². The Hall–Kier alpha value is -4.32. The topological polar surface area (TPSA) is 93.4 Å². The number of nitrogens with two attached hydrogens (primary N) is 1. The third-order valence-corrected chi connectivity index (χ3v) is 7.36. The Kier molecular flexibility index (Phi) is 8.02. The monoisotopic (exact) mass is 579 g/mol. The molecule has 0 spiro atoms. The van der Waals surface area contributed by atoms with Crippen molar-refractivity contribution < 1.29 is 17.9 Å². The van der Waals surface area contributed by atoms with Crippen LogP contribution in [0.1, 0.15) is 36.6 Å². The Balaban J connectivity index is 1.35. The predicted molar refractivity (Wildman–Crippen MR) is 160 cm³/mol. The summed E-state index contributed by atoms with van der Waals surface area (Å²) in [4.78, 5) is 6.54. The number of halogens is 3. The Labute approximate surface area is 239 Å². The number of hydrogen-bond acceptors (Lipinski definition) is 6. The standard InChI is InChI=1S/C29H28F3N7OS/c1-18(2)22-6-4-5-7-24(22)39-14-15-41-28(39)36-34-17-19-8-13-23-25(16-19)38(3)37-26(23)27(33)35-20-9-11-21(12-10-20)40-29(30,31)32/h4-13,16-18H,14-15H2,1-3H3,(H2,33,35)/b34-17+,36-28-. The molecule has 0 bridgehead atoms. The van der Waals surface area contributed by atoms with Gasteiger partial charge < -0.3 is 15.4 Å². The lowest BCUT2D eigenvalue weighted by Gasteiger charge is -2.22. The van der Waals surface area contributed by atoms with E-state index in [1.165, 1.54) is 29.8 Å². The molecule has 0 atom stereocenters.